The number of carbonyl (C=O) groups excluding carboxylic acids is 2. The normalized spacial score (nSPS) is 16.7. The number of amides is 2. The van der Waals surface area contributed by atoms with Crippen LogP contribution in [0.4, 0.5) is 5.69 Å². The van der Waals surface area contributed by atoms with Gasteiger partial charge in [0, 0.05) is 23.7 Å². The largest absolute Gasteiger partial charge is 0.427 e. The van der Waals surface area contributed by atoms with Gasteiger partial charge in [0.2, 0.25) is 5.91 Å². The molecule has 1 aliphatic rings. The van der Waals surface area contributed by atoms with Crippen molar-refractivity contribution in [2.45, 2.75) is 32.6 Å². The minimum Gasteiger partial charge on any atom is -0.427 e. The van der Waals surface area contributed by atoms with E-state index >= 15 is 0 Å². The molecular formula is C20H23N3O4. The average molecular weight is 369 g/mol. The van der Waals surface area contributed by atoms with Crippen LogP contribution in [0.25, 0.3) is 0 Å². The Balaban J connectivity index is 1.84. The number of rotatable bonds is 4. The van der Waals surface area contributed by atoms with E-state index in [0.717, 1.165) is 25.9 Å². The van der Waals surface area contributed by atoms with Gasteiger partial charge in [-0.1, -0.05) is 0 Å². The van der Waals surface area contributed by atoms with Crippen molar-refractivity contribution in [3.63, 3.8) is 0 Å². The number of hydrogen-bond acceptors (Lipinski definition) is 5. The number of carbonyl (C=O) groups is 2. The third-order valence-corrected chi connectivity index (χ3v) is 4.85. The fraction of sp³-hybridized carbons (Fsp3) is 0.350. The van der Waals surface area contributed by atoms with Crippen LogP contribution in [-0.4, -0.2) is 24.9 Å². The van der Waals surface area contributed by atoms with Gasteiger partial charge < -0.3 is 20.8 Å². The predicted octanol–water partition coefficient (Wildman–Crippen LogP) is 2.07. The number of piperidine rings is 1. The van der Waals surface area contributed by atoms with Crippen molar-refractivity contribution in [3.05, 3.63) is 62.7 Å². The Bertz CT molecular complexity index is 943. The van der Waals surface area contributed by atoms with E-state index in [1.54, 1.807) is 32.0 Å². The van der Waals surface area contributed by atoms with E-state index in [-0.39, 0.29) is 11.5 Å². The van der Waals surface area contributed by atoms with Gasteiger partial charge in [-0.05, 0) is 68.6 Å². The van der Waals surface area contributed by atoms with E-state index in [2.05, 4.69) is 10.6 Å². The van der Waals surface area contributed by atoms with E-state index < -0.39 is 17.4 Å². The minimum atomic E-state index is -0.639. The van der Waals surface area contributed by atoms with Crippen molar-refractivity contribution in [3.8, 4) is 0 Å². The smallest absolute Gasteiger partial charge is 0.349 e. The highest BCUT2D eigenvalue weighted by Gasteiger charge is 2.22. The molecule has 7 heteroatoms. The molecule has 0 saturated carbocycles. The predicted molar refractivity (Wildman–Crippen MR) is 102 cm³/mol. The molecule has 3 rings (SSSR count). The Hall–Kier alpha value is -2.93. The van der Waals surface area contributed by atoms with Gasteiger partial charge in [0.05, 0.1) is 0 Å². The van der Waals surface area contributed by atoms with Crippen LogP contribution in [0.1, 0.15) is 56.4 Å². The first-order valence-electron chi connectivity index (χ1n) is 8.94. The standard InChI is InChI=1S/C20H23N3O4/c1-11-8-13(18(21)24)5-6-15(11)23-19(25)17-12(2)9-16(27-20(17)26)14-4-3-7-22-10-14/h5-6,8-9,14,22H,3-4,7,10H2,1-2H3,(H2,21,24)(H,23,25). The van der Waals surface area contributed by atoms with Crippen LogP contribution in [0.5, 0.6) is 0 Å². The number of hydrogen-bond donors (Lipinski definition) is 3. The number of anilines is 1. The van der Waals surface area contributed by atoms with Gasteiger partial charge >= 0.3 is 5.63 Å². The molecule has 0 aliphatic carbocycles. The third kappa shape index (κ3) is 4.09. The Labute approximate surface area is 156 Å². The van der Waals surface area contributed by atoms with E-state index in [4.69, 9.17) is 10.2 Å². The fourth-order valence-electron chi connectivity index (χ4n) is 3.34. The van der Waals surface area contributed by atoms with Crippen LogP contribution in [0.3, 0.4) is 0 Å². The summed E-state index contributed by atoms with van der Waals surface area (Å²) in [6.07, 6.45) is 1.97. The third-order valence-electron chi connectivity index (χ3n) is 4.85. The molecule has 1 aliphatic heterocycles. The Kier molecular flexibility index (Phi) is 5.41. The van der Waals surface area contributed by atoms with Gasteiger partial charge in [-0.15, -0.1) is 0 Å². The first kappa shape index (κ1) is 18.8. The molecule has 1 fully saturated rings. The molecule has 0 spiro atoms. The molecule has 2 heterocycles. The van der Waals surface area contributed by atoms with Crippen LogP contribution in [-0.2, 0) is 0 Å². The zero-order valence-corrected chi connectivity index (χ0v) is 15.4. The van der Waals surface area contributed by atoms with Crippen molar-refractivity contribution < 1.29 is 14.0 Å². The lowest BCUT2D eigenvalue weighted by molar-refractivity contribution is 0.0997. The van der Waals surface area contributed by atoms with Crippen LogP contribution < -0.4 is 22.0 Å². The Morgan fingerprint density at radius 3 is 2.59 bits per heavy atom. The van der Waals surface area contributed by atoms with E-state index in [1.165, 1.54) is 6.07 Å². The van der Waals surface area contributed by atoms with Gasteiger partial charge in [0.15, 0.2) is 0 Å². The molecule has 0 radical (unpaired) electrons. The zero-order valence-electron chi connectivity index (χ0n) is 15.4. The first-order chi connectivity index (χ1) is 12.9. The lowest BCUT2D eigenvalue weighted by Gasteiger charge is -2.22. The summed E-state index contributed by atoms with van der Waals surface area (Å²) in [4.78, 5) is 36.3. The summed E-state index contributed by atoms with van der Waals surface area (Å²) in [7, 11) is 0. The Morgan fingerprint density at radius 1 is 1.22 bits per heavy atom. The van der Waals surface area contributed by atoms with Gasteiger partial charge in [-0.25, -0.2) is 4.79 Å². The number of nitrogens with two attached hydrogens (primary N) is 1. The molecule has 1 unspecified atom stereocenters. The Morgan fingerprint density at radius 2 is 2.00 bits per heavy atom. The summed E-state index contributed by atoms with van der Waals surface area (Å²) in [5.41, 5.74) is 6.71. The quantitative estimate of drug-likeness (QED) is 0.763. The topological polar surface area (TPSA) is 114 Å². The second-order valence-electron chi connectivity index (χ2n) is 6.89. The van der Waals surface area contributed by atoms with Crippen molar-refractivity contribution in [2.75, 3.05) is 18.4 Å². The molecule has 142 valence electrons. The van der Waals surface area contributed by atoms with E-state index in [0.29, 0.717) is 28.1 Å². The van der Waals surface area contributed by atoms with Crippen LogP contribution in [0, 0.1) is 13.8 Å². The van der Waals surface area contributed by atoms with E-state index in [1.807, 2.05) is 0 Å². The molecule has 7 nitrogen and oxygen atoms in total. The van der Waals surface area contributed by atoms with Crippen molar-refractivity contribution in [1.29, 1.82) is 0 Å². The minimum absolute atomic E-state index is 0.0131. The van der Waals surface area contributed by atoms with Crippen molar-refractivity contribution in [2.24, 2.45) is 5.73 Å². The molecule has 0 bridgehead atoms. The monoisotopic (exact) mass is 369 g/mol. The molecule has 1 saturated heterocycles. The average Bonchev–Trinajstić information content (AvgIpc) is 2.63. The van der Waals surface area contributed by atoms with Crippen LogP contribution in [0.15, 0.2) is 33.5 Å². The summed E-state index contributed by atoms with van der Waals surface area (Å²) >= 11 is 0. The zero-order chi connectivity index (χ0) is 19.6. The molecule has 1 atom stereocenters. The van der Waals surface area contributed by atoms with Gasteiger partial charge in [0.1, 0.15) is 11.3 Å². The molecule has 4 N–H and O–H groups in total. The second kappa shape index (κ2) is 7.75. The van der Waals surface area contributed by atoms with Crippen molar-refractivity contribution in [1.82, 2.24) is 5.32 Å². The summed E-state index contributed by atoms with van der Waals surface area (Å²) in [5, 5.41) is 6.00. The van der Waals surface area contributed by atoms with E-state index in [9.17, 15) is 14.4 Å². The molecule has 1 aromatic heterocycles. The summed E-state index contributed by atoms with van der Waals surface area (Å²) in [6, 6.07) is 6.48. The number of aryl methyl sites for hydroxylation is 2. The van der Waals surface area contributed by atoms with Gasteiger partial charge in [-0.2, -0.15) is 0 Å². The molecule has 2 aromatic rings. The number of primary amides is 1. The van der Waals surface area contributed by atoms with Crippen LogP contribution >= 0.6 is 0 Å². The fourth-order valence-corrected chi connectivity index (χ4v) is 3.34. The lowest BCUT2D eigenvalue weighted by Crippen LogP contribution is -2.30. The molecular weight excluding hydrogens is 346 g/mol. The maximum atomic E-state index is 12.6. The van der Waals surface area contributed by atoms with Crippen molar-refractivity contribution >= 4 is 17.5 Å². The first-order valence-corrected chi connectivity index (χ1v) is 8.94. The SMILES string of the molecule is Cc1cc(C(N)=O)ccc1NC(=O)c1c(C)cc(C2CCCNC2)oc1=O. The second-order valence-corrected chi connectivity index (χ2v) is 6.89. The van der Waals surface area contributed by atoms with Gasteiger partial charge in [-0.3, -0.25) is 9.59 Å². The van der Waals surface area contributed by atoms with Gasteiger partial charge in [0.25, 0.3) is 5.91 Å². The highest BCUT2D eigenvalue weighted by molar-refractivity contribution is 6.05. The molecule has 2 amide bonds. The maximum absolute atomic E-state index is 12.6. The lowest BCUT2D eigenvalue weighted by atomic mass is 9.95. The summed E-state index contributed by atoms with van der Waals surface area (Å²) in [6.45, 7) is 5.21. The highest BCUT2D eigenvalue weighted by atomic mass is 16.4. The number of benzene rings is 1. The highest BCUT2D eigenvalue weighted by Crippen LogP contribution is 2.24. The molecule has 27 heavy (non-hydrogen) atoms. The maximum Gasteiger partial charge on any atom is 0.349 e. The summed E-state index contributed by atoms with van der Waals surface area (Å²) < 4.78 is 5.45. The summed E-state index contributed by atoms with van der Waals surface area (Å²) in [5.74, 6) is -0.321. The number of nitrogens with one attached hydrogen (secondary N) is 2. The van der Waals surface area contributed by atoms with Crippen LogP contribution in [0.2, 0.25) is 0 Å². The molecule has 1 aromatic carbocycles.